The largest absolute Gasteiger partial charge is 0.368 e. The van der Waals surface area contributed by atoms with E-state index in [4.69, 9.17) is 4.98 Å². The number of pyridine rings is 1. The van der Waals surface area contributed by atoms with Gasteiger partial charge in [-0.15, -0.1) is 0 Å². The van der Waals surface area contributed by atoms with Gasteiger partial charge in [-0.2, -0.15) is 0 Å². The summed E-state index contributed by atoms with van der Waals surface area (Å²) in [4.78, 5) is 20.9. The maximum Gasteiger partial charge on any atom is 0.153 e. The van der Waals surface area contributed by atoms with Crippen LogP contribution in [-0.2, 0) is 0 Å². The first kappa shape index (κ1) is 14.7. The summed E-state index contributed by atoms with van der Waals surface area (Å²) >= 11 is 0. The minimum atomic E-state index is 0.668. The van der Waals surface area contributed by atoms with Crippen LogP contribution in [-0.4, -0.2) is 37.4 Å². The molecule has 1 aliphatic rings. The molecule has 0 bridgehead atoms. The van der Waals surface area contributed by atoms with E-state index in [0.29, 0.717) is 5.56 Å². The Labute approximate surface area is 141 Å². The van der Waals surface area contributed by atoms with E-state index in [1.807, 2.05) is 36.4 Å². The highest BCUT2D eigenvalue weighted by Crippen LogP contribution is 2.24. The van der Waals surface area contributed by atoms with Crippen LogP contribution in [0.2, 0.25) is 0 Å². The van der Waals surface area contributed by atoms with Crippen molar-refractivity contribution in [3.05, 3.63) is 66.2 Å². The van der Waals surface area contributed by atoms with Crippen molar-refractivity contribution in [1.82, 2.24) is 4.98 Å². The number of aromatic nitrogens is 1. The molecule has 0 N–H and O–H groups in total. The summed E-state index contributed by atoms with van der Waals surface area (Å²) in [7, 11) is 0. The molecule has 4 heteroatoms. The molecule has 120 valence electrons. The number of carbonyl (C=O) groups is 1. The molecule has 1 aliphatic heterocycles. The Morgan fingerprint density at radius 3 is 2.25 bits per heavy atom. The summed E-state index contributed by atoms with van der Waals surface area (Å²) in [6.07, 6.45) is 0.915. The van der Waals surface area contributed by atoms with Crippen LogP contribution in [0.25, 0.3) is 10.9 Å². The van der Waals surface area contributed by atoms with Crippen LogP contribution in [0.3, 0.4) is 0 Å². The minimum absolute atomic E-state index is 0.668. The Morgan fingerprint density at radius 2 is 1.50 bits per heavy atom. The van der Waals surface area contributed by atoms with Gasteiger partial charge in [-0.05, 0) is 24.3 Å². The number of piperazine rings is 1. The van der Waals surface area contributed by atoms with Gasteiger partial charge in [0.2, 0.25) is 0 Å². The fourth-order valence-electron chi connectivity index (χ4n) is 3.28. The summed E-state index contributed by atoms with van der Waals surface area (Å²) in [6, 6.07) is 20.3. The van der Waals surface area contributed by atoms with Crippen molar-refractivity contribution in [2.24, 2.45) is 0 Å². The Hall–Kier alpha value is -2.88. The van der Waals surface area contributed by atoms with Gasteiger partial charge >= 0.3 is 0 Å². The van der Waals surface area contributed by atoms with Gasteiger partial charge < -0.3 is 9.80 Å². The number of hydrogen-bond donors (Lipinski definition) is 0. The number of fused-ring (bicyclic) bond motifs is 1. The van der Waals surface area contributed by atoms with Gasteiger partial charge in [0.25, 0.3) is 0 Å². The molecule has 2 aromatic carbocycles. The van der Waals surface area contributed by atoms with Crippen molar-refractivity contribution in [3.8, 4) is 0 Å². The first-order valence-corrected chi connectivity index (χ1v) is 8.25. The van der Waals surface area contributed by atoms with Crippen molar-refractivity contribution in [2.75, 3.05) is 36.0 Å². The maximum absolute atomic E-state index is 11.5. The standard InChI is InChI=1S/C20H19N3O/c24-15-17-14-16-6-4-5-9-19(16)21-20(17)23-12-10-22(11-13-23)18-7-2-1-3-8-18/h1-9,14-15H,10-13H2. The second kappa shape index (κ2) is 6.32. The van der Waals surface area contributed by atoms with Gasteiger partial charge in [0, 0.05) is 37.3 Å². The molecule has 0 atom stereocenters. The van der Waals surface area contributed by atoms with E-state index in [9.17, 15) is 4.79 Å². The van der Waals surface area contributed by atoms with Gasteiger partial charge in [-0.25, -0.2) is 4.98 Å². The van der Waals surface area contributed by atoms with Crippen LogP contribution in [0, 0.1) is 0 Å². The number of hydrogen-bond acceptors (Lipinski definition) is 4. The zero-order chi connectivity index (χ0) is 16.4. The van der Waals surface area contributed by atoms with Crippen LogP contribution in [0.4, 0.5) is 11.5 Å². The van der Waals surface area contributed by atoms with Crippen LogP contribution in [0.5, 0.6) is 0 Å². The molecule has 4 nitrogen and oxygen atoms in total. The fraction of sp³-hybridized carbons (Fsp3) is 0.200. The van der Waals surface area contributed by atoms with E-state index in [1.54, 1.807) is 0 Å². The van der Waals surface area contributed by atoms with Gasteiger partial charge in [-0.1, -0.05) is 36.4 Å². The van der Waals surface area contributed by atoms with Crippen LogP contribution in [0.1, 0.15) is 10.4 Å². The van der Waals surface area contributed by atoms with E-state index in [0.717, 1.165) is 49.2 Å². The topological polar surface area (TPSA) is 36.4 Å². The summed E-state index contributed by atoms with van der Waals surface area (Å²) in [6.45, 7) is 3.58. The highest BCUT2D eigenvalue weighted by Gasteiger charge is 2.20. The van der Waals surface area contributed by atoms with Crippen molar-refractivity contribution in [2.45, 2.75) is 0 Å². The molecule has 0 radical (unpaired) electrons. The second-order valence-corrected chi connectivity index (χ2v) is 6.02. The lowest BCUT2D eigenvalue weighted by Crippen LogP contribution is -2.47. The molecule has 0 amide bonds. The average Bonchev–Trinajstić information content (AvgIpc) is 2.68. The predicted molar refractivity (Wildman–Crippen MR) is 98.0 cm³/mol. The third-order valence-electron chi connectivity index (χ3n) is 4.56. The molecule has 24 heavy (non-hydrogen) atoms. The van der Waals surface area contributed by atoms with Gasteiger partial charge in [0.15, 0.2) is 6.29 Å². The lowest BCUT2D eigenvalue weighted by molar-refractivity contribution is 0.112. The predicted octanol–water partition coefficient (Wildman–Crippen LogP) is 3.37. The molecule has 1 fully saturated rings. The second-order valence-electron chi connectivity index (χ2n) is 6.02. The quantitative estimate of drug-likeness (QED) is 0.694. The molecule has 0 saturated carbocycles. The zero-order valence-corrected chi connectivity index (χ0v) is 13.4. The third kappa shape index (κ3) is 2.71. The van der Waals surface area contributed by atoms with Gasteiger partial charge in [-0.3, -0.25) is 4.79 Å². The average molecular weight is 317 g/mol. The first-order chi connectivity index (χ1) is 11.8. The van der Waals surface area contributed by atoms with Crippen LogP contribution >= 0.6 is 0 Å². The van der Waals surface area contributed by atoms with Crippen LogP contribution < -0.4 is 9.80 Å². The first-order valence-electron chi connectivity index (χ1n) is 8.25. The summed E-state index contributed by atoms with van der Waals surface area (Å²) in [5.41, 5.74) is 2.85. The number of nitrogens with zero attached hydrogens (tertiary/aromatic N) is 3. The number of rotatable bonds is 3. The van der Waals surface area contributed by atoms with Gasteiger partial charge in [0.1, 0.15) is 5.82 Å². The maximum atomic E-state index is 11.5. The molecule has 0 aliphatic carbocycles. The normalized spacial score (nSPS) is 14.8. The Bertz CT molecular complexity index is 855. The highest BCUT2D eigenvalue weighted by atomic mass is 16.1. The highest BCUT2D eigenvalue weighted by molar-refractivity contribution is 5.91. The van der Waals surface area contributed by atoms with E-state index in [1.165, 1.54) is 5.69 Å². The molecule has 2 heterocycles. The number of benzene rings is 2. The molecule has 4 rings (SSSR count). The number of para-hydroxylation sites is 2. The Balaban J connectivity index is 1.59. The molecular weight excluding hydrogens is 298 g/mol. The SMILES string of the molecule is O=Cc1cc2ccccc2nc1N1CCN(c2ccccc2)CC1. The summed E-state index contributed by atoms with van der Waals surface area (Å²) in [5.74, 6) is 0.802. The van der Waals surface area contributed by atoms with Crippen molar-refractivity contribution < 1.29 is 4.79 Å². The molecule has 0 spiro atoms. The monoisotopic (exact) mass is 317 g/mol. The summed E-state index contributed by atoms with van der Waals surface area (Å²) in [5, 5.41) is 1.01. The van der Waals surface area contributed by atoms with Crippen LogP contribution in [0.15, 0.2) is 60.7 Å². The van der Waals surface area contributed by atoms with E-state index in [2.05, 4.69) is 34.1 Å². The number of aldehydes is 1. The third-order valence-corrected chi connectivity index (χ3v) is 4.56. The van der Waals surface area contributed by atoms with E-state index >= 15 is 0 Å². The summed E-state index contributed by atoms with van der Waals surface area (Å²) < 4.78 is 0. The molecule has 3 aromatic rings. The van der Waals surface area contributed by atoms with E-state index < -0.39 is 0 Å². The Morgan fingerprint density at radius 1 is 0.833 bits per heavy atom. The Kier molecular flexibility index (Phi) is 3.87. The smallest absolute Gasteiger partial charge is 0.153 e. The zero-order valence-electron chi connectivity index (χ0n) is 13.4. The number of carbonyl (C=O) groups excluding carboxylic acids is 1. The fourth-order valence-corrected chi connectivity index (χ4v) is 3.28. The molecule has 1 aromatic heterocycles. The lowest BCUT2D eigenvalue weighted by Gasteiger charge is -2.37. The van der Waals surface area contributed by atoms with Crippen molar-refractivity contribution >= 4 is 28.7 Å². The molecular formula is C20H19N3O. The van der Waals surface area contributed by atoms with Crippen molar-refractivity contribution in [3.63, 3.8) is 0 Å². The van der Waals surface area contributed by atoms with Crippen molar-refractivity contribution in [1.29, 1.82) is 0 Å². The lowest BCUT2D eigenvalue weighted by atomic mass is 10.1. The molecule has 0 unspecified atom stereocenters. The van der Waals surface area contributed by atoms with E-state index in [-0.39, 0.29) is 0 Å². The van der Waals surface area contributed by atoms with Gasteiger partial charge in [0.05, 0.1) is 11.1 Å². The number of anilines is 2. The minimum Gasteiger partial charge on any atom is -0.368 e. The molecule has 1 saturated heterocycles.